The normalized spacial score (nSPS) is 18.9. The fraction of sp³-hybridized carbons (Fsp3) is 0.722. The summed E-state index contributed by atoms with van der Waals surface area (Å²) in [4.78, 5) is 4.69. The summed E-state index contributed by atoms with van der Waals surface area (Å²) in [7, 11) is 1.74. The molecule has 118 valence electrons. The number of aryl methyl sites for hydroxylation is 1. The van der Waals surface area contributed by atoms with Crippen molar-refractivity contribution in [2.24, 2.45) is 11.1 Å². The quantitative estimate of drug-likeness (QED) is 0.913. The highest BCUT2D eigenvalue weighted by atomic mass is 16.5. The summed E-state index contributed by atoms with van der Waals surface area (Å²) in [6, 6.07) is 0. The van der Waals surface area contributed by atoms with Crippen molar-refractivity contribution in [2.45, 2.75) is 65.2 Å². The van der Waals surface area contributed by atoms with E-state index in [9.17, 15) is 0 Å². The molecular weight excluding hydrogens is 260 g/mol. The second-order valence-electron chi connectivity index (χ2n) is 6.69. The Kier molecular flexibility index (Phi) is 5.63. The number of pyridine rings is 1. The van der Waals surface area contributed by atoms with Gasteiger partial charge in [-0.05, 0) is 45.1 Å². The molecule has 0 spiro atoms. The van der Waals surface area contributed by atoms with Gasteiger partial charge in [0, 0.05) is 23.0 Å². The first kappa shape index (κ1) is 16.3. The van der Waals surface area contributed by atoms with Crippen molar-refractivity contribution in [3.8, 4) is 5.75 Å². The third-order valence-electron chi connectivity index (χ3n) is 5.14. The third kappa shape index (κ3) is 3.76. The summed E-state index contributed by atoms with van der Waals surface area (Å²) in [5.41, 5.74) is 9.90. The molecule has 2 rings (SSSR count). The highest BCUT2D eigenvalue weighted by Crippen LogP contribution is 2.38. The van der Waals surface area contributed by atoms with Crippen molar-refractivity contribution in [1.29, 1.82) is 0 Å². The molecule has 0 amide bonds. The predicted octanol–water partition coefficient (Wildman–Crippen LogP) is 3.94. The Morgan fingerprint density at radius 2 is 1.76 bits per heavy atom. The molecule has 1 heterocycles. The average molecular weight is 290 g/mol. The van der Waals surface area contributed by atoms with E-state index in [0.717, 1.165) is 24.3 Å². The Labute approximate surface area is 129 Å². The Morgan fingerprint density at radius 3 is 2.33 bits per heavy atom. The maximum atomic E-state index is 6.20. The van der Waals surface area contributed by atoms with Crippen molar-refractivity contribution < 1.29 is 4.74 Å². The van der Waals surface area contributed by atoms with Gasteiger partial charge in [-0.25, -0.2) is 0 Å². The topological polar surface area (TPSA) is 48.1 Å². The first-order valence-corrected chi connectivity index (χ1v) is 8.31. The lowest BCUT2D eigenvalue weighted by molar-refractivity contribution is 0.214. The van der Waals surface area contributed by atoms with E-state index in [4.69, 9.17) is 15.5 Å². The van der Waals surface area contributed by atoms with Gasteiger partial charge in [-0.3, -0.25) is 4.98 Å². The Morgan fingerprint density at radius 1 is 1.14 bits per heavy atom. The van der Waals surface area contributed by atoms with E-state index < -0.39 is 0 Å². The number of methoxy groups -OCH3 is 1. The van der Waals surface area contributed by atoms with Gasteiger partial charge in [0.1, 0.15) is 5.75 Å². The second kappa shape index (κ2) is 7.26. The van der Waals surface area contributed by atoms with Crippen molar-refractivity contribution in [1.82, 2.24) is 4.98 Å². The molecule has 21 heavy (non-hydrogen) atoms. The van der Waals surface area contributed by atoms with Gasteiger partial charge in [-0.15, -0.1) is 0 Å². The standard InChI is InChI=1S/C18H30N2O/c1-14-12-20-16(15(2)17(14)21-3)11-18(13-19)9-7-5-4-6-8-10-18/h12H,4-11,13,19H2,1-3H3. The maximum Gasteiger partial charge on any atom is 0.128 e. The second-order valence-corrected chi connectivity index (χ2v) is 6.69. The summed E-state index contributed by atoms with van der Waals surface area (Å²) in [6.07, 6.45) is 12.1. The fourth-order valence-corrected chi connectivity index (χ4v) is 3.71. The molecule has 0 saturated heterocycles. The monoisotopic (exact) mass is 290 g/mol. The van der Waals surface area contributed by atoms with Gasteiger partial charge in [0.25, 0.3) is 0 Å². The van der Waals surface area contributed by atoms with E-state index in [1.54, 1.807) is 7.11 Å². The van der Waals surface area contributed by atoms with Gasteiger partial charge in [-0.1, -0.05) is 32.1 Å². The van der Waals surface area contributed by atoms with Crippen LogP contribution in [0.1, 0.15) is 61.8 Å². The smallest absolute Gasteiger partial charge is 0.128 e. The molecule has 1 saturated carbocycles. The third-order valence-corrected chi connectivity index (χ3v) is 5.14. The first-order chi connectivity index (χ1) is 10.1. The fourth-order valence-electron chi connectivity index (χ4n) is 3.71. The van der Waals surface area contributed by atoms with Crippen molar-refractivity contribution >= 4 is 0 Å². The molecule has 0 aromatic carbocycles. The zero-order valence-electron chi connectivity index (χ0n) is 13.9. The Hall–Kier alpha value is -1.09. The largest absolute Gasteiger partial charge is 0.496 e. The molecule has 2 N–H and O–H groups in total. The van der Waals surface area contributed by atoms with Crippen LogP contribution in [-0.4, -0.2) is 18.6 Å². The lowest BCUT2D eigenvalue weighted by Gasteiger charge is -2.34. The Balaban J connectivity index is 2.24. The number of hydrogen-bond acceptors (Lipinski definition) is 3. The molecular formula is C18H30N2O. The number of nitrogens with zero attached hydrogens (tertiary/aromatic N) is 1. The Bertz CT molecular complexity index is 463. The lowest BCUT2D eigenvalue weighted by atomic mass is 9.72. The van der Waals surface area contributed by atoms with Crippen LogP contribution in [0.3, 0.4) is 0 Å². The van der Waals surface area contributed by atoms with Crippen molar-refractivity contribution in [3.05, 3.63) is 23.0 Å². The molecule has 3 heteroatoms. The minimum Gasteiger partial charge on any atom is -0.496 e. The van der Waals surface area contributed by atoms with Crippen LogP contribution in [0.25, 0.3) is 0 Å². The predicted molar refractivity (Wildman–Crippen MR) is 87.8 cm³/mol. The number of hydrogen-bond donors (Lipinski definition) is 1. The molecule has 0 atom stereocenters. The summed E-state index contributed by atoms with van der Waals surface area (Å²) in [5, 5.41) is 0. The van der Waals surface area contributed by atoms with Gasteiger partial charge >= 0.3 is 0 Å². The molecule has 0 bridgehead atoms. The highest BCUT2D eigenvalue weighted by Gasteiger charge is 2.30. The number of nitrogens with two attached hydrogens (primary N) is 1. The van der Waals surface area contributed by atoms with Crippen LogP contribution in [0.5, 0.6) is 5.75 Å². The van der Waals surface area contributed by atoms with Crippen LogP contribution >= 0.6 is 0 Å². The lowest BCUT2D eigenvalue weighted by Crippen LogP contribution is -2.34. The number of ether oxygens (including phenoxy) is 1. The van der Waals surface area contributed by atoms with Gasteiger partial charge in [0.15, 0.2) is 0 Å². The van der Waals surface area contributed by atoms with Gasteiger partial charge < -0.3 is 10.5 Å². The summed E-state index contributed by atoms with van der Waals surface area (Å²) in [5.74, 6) is 0.984. The van der Waals surface area contributed by atoms with E-state index in [0.29, 0.717) is 0 Å². The van der Waals surface area contributed by atoms with Crippen LogP contribution in [0.4, 0.5) is 0 Å². The minimum absolute atomic E-state index is 0.235. The molecule has 1 aliphatic carbocycles. The number of aromatic nitrogens is 1. The molecule has 0 unspecified atom stereocenters. The van der Waals surface area contributed by atoms with Crippen LogP contribution < -0.4 is 10.5 Å². The number of rotatable bonds is 4. The molecule has 1 aromatic rings. The van der Waals surface area contributed by atoms with Crippen LogP contribution in [0.15, 0.2) is 6.20 Å². The van der Waals surface area contributed by atoms with Crippen molar-refractivity contribution in [3.63, 3.8) is 0 Å². The molecule has 1 fully saturated rings. The summed E-state index contributed by atoms with van der Waals surface area (Å²) < 4.78 is 5.55. The van der Waals surface area contributed by atoms with E-state index in [-0.39, 0.29) is 5.41 Å². The molecule has 3 nitrogen and oxygen atoms in total. The van der Waals surface area contributed by atoms with Gasteiger partial charge in [0.05, 0.1) is 7.11 Å². The molecule has 1 aromatic heterocycles. The van der Waals surface area contributed by atoms with E-state index in [2.05, 4.69) is 13.8 Å². The van der Waals surface area contributed by atoms with E-state index in [1.807, 2.05) is 6.20 Å². The van der Waals surface area contributed by atoms with E-state index >= 15 is 0 Å². The zero-order chi connectivity index (χ0) is 15.3. The molecule has 0 aliphatic heterocycles. The summed E-state index contributed by atoms with van der Waals surface area (Å²) >= 11 is 0. The van der Waals surface area contributed by atoms with Crippen LogP contribution in [0.2, 0.25) is 0 Å². The van der Waals surface area contributed by atoms with Crippen molar-refractivity contribution in [2.75, 3.05) is 13.7 Å². The first-order valence-electron chi connectivity index (χ1n) is 8.31. The van der Waals surface area contributed by atoms with Crippen LogP contribution in [0, 0.1) is 19.3 Å². The zero-order valence-corrected chi connectivity index (χ0v) is 13.9. The average Bonchev–Trinajstić information content (AvgIpc) is 2.45. The van der Waals surface area contributed by atoms with Crippen LogP contribution in [-0.2, 0) is 6.42 Å². The minimum atomic E-state index is 0.235. The molecule has 0 radical (unpaired) electrons. The maximum absolute atomic E-state index is 6.20. The van der Waals surface area contributed by atoms with Gasteiger partial charge in [0.2, 0.25) is 0 Å². The van der Waals surface area contributed by atoms with Gasteiger partial charge in [-0.2, -0.15) is 0 Å². The van der Waals surface area contributed by atoms with E-state index in [1.165, 1.54) is 56.2 Å². The highest BCUT2D eigenvalue weighted by molar-refractivity contribution is 5.41. The molecule has 1 aliphatic rings. The summed E-state index contributed by atoms with van der Waals surface area (Å²) in [6.45, 7) is 4.95. The SMILES string of the molecule is COc1c(C)cnc(CC2(CN)CCCCCCC2)c1C.